The van der Waals surface area contributed by atoms with Crippen LogP contribution in [0.4, 0.5) is 0 Å². The van der Waals surface area contributed by atoms with E-state index < -0.39 is 0 Å². The molecule has 0 atom stereocenters. The van der Waals surface area contributed by atoms with Gasteiger partial charge in [-0.15, -0.1) is 5.10 Å². The smallest absolute Gasteiger partial charge is 0.275 e. The van der Waals surface area contributed by atoms with Gasteiger partial charge in [-0.1, -0.05) is 35.9 Å². The van der Waals surface area contributed by atoms with Crippen LogP contribution < -0.4 is 5.32 Å². The van der Waals surface area contributed by atoms with E-state index in [9.17, 15) is 4.79 Å². The standard InChI is InChI=1S/C17H18ClN5O/c1-2-9-19-16(24)15-17(22-10-3-4-11-22)23(21-20-15)12-13-5-7-14(18)8-6-13/h3-8,10-11H,2,9,12H2,1H3,(H,19,24). The Kier molecular flexibility index (Phi) is 4.96. The van der Waals surface area contributed by atoms with Crippen LogP contribution in [0.15, 0.2) is 48.8 Å². The highest BCUT2D eigenvalue weighted by atomic mass is 35.5. The SMILES string of the molecule is CCCNC(=O)c1nnn(Cc2ccc(Cl)cc2)c1-n1cccc1. The van der Waals surface area contributed by atoms with E-state index in [0.717, 1.165) is 12.0 Å². The van der Waals surface area contributed by atoms with Gasteiger partial charge in [0.05, 0.1) is 6.54 Å². The van der Waals surface area contributed by atoms with Gasteiger partial charge in [-0.3, -0.25) is 4.79 Å². The summed E-state index contributed by atoms with van der Waals surface area (Å²) in [5, 5.41) is 11.8. The lowest BCUT2D eigenvalue weighted by molar-refractivity contribution is 0.0948. The van der Waals surface area contributed by atoms with Gasteiger partial charge in [0.15, 0.2) is 11.5 Å². The molecule has 3 rings (SSSR count). The van der Waals surface area contributed by atoms with E-state index in [0.29, 0.717) is 29.6 Å². The Balaban J connectivity index is 1.95. The fourth-order valence-corrected chi connectivity index (χ4v) is 2.50. The number of hydrogen-bond donors (Lipinski definition) is 1. The van der Waals surface area contributed by atoms with E-state index in [1.165, 1.54) is 0 Å². The molecule has 1 amide bonds. The summed E-state index contributed by atoms with van der Waals surface area (Å²) in [7, 11) is 0. The zero-order valence-corrected chi connectivity index (χ0v) is 14.1. The van der Waals surface area contributed by atoms with Gasteiger partial charge in [-0.25, -0.2) is 4.68 Å². The molecule has 3 aromatic rings. The molecule has 0 aliphatic heterocycles. The quantitative estimate of drug-likeness (QED) is 0.748. The van der Waals surface area contributed by atoms with Crippen molar-refractivity contribution in [1.82, 2.24) is 24.9 Å². The lowest BCUT2D eigenvalue weighted by atomic mass is 10.2. The summed E-state index contributed by atoms with van der Waals surface area (Å²) in [6.45, 7) is 3.11. The number of carbonyl (C=O) groups is 1. The highest BCUT2D eigenvalue weighted by Crippen LogP contribution is 2.16. The molecule has 24 heavy (non-hydrogen) atoms. The first-order chi connectivity index (χ1) is 11.7. The molecule has 2 aromatic heterocycles. The summed E-state index contributed by atoms with van der Waals surface area (Å²) in [5.74, 6) is 0.423. The van der Waals surface area contributed by atoms with Crippen LogP contribution in [0, 0.1) is 0 Å². The summed E-state index contributed by atoms with van der Waals surface area (Å²) in [5.41, 5.74) is 1.34. The van der Waals surface area contributed by atoms with Gasteiger partial charge in [0.25, 0.3) is 5.91 Å². The van der Waals surface area contributed by atoms with E-state index in [-0.39, 0.29) is 5.91 Å². The molecule has 6 nitrogen and oxygen atoms in total. The maximum Gasteiger partial charge on any atom is 0.275 e. The Morgan fingerprint density at radius 1 is 1.21 bits per heavy atom. The normalized spacial score (nSPS) is 10.8. The topological polar surface area (TPSA) is 64.7 Å². The minimum absolute atomic E-state index is 0.220. The summed E-state index contributed by atoms with van der Waals surface area (Å²) in [6.07, 6.45) is 4.60. The van der Waals surface area contributed by atoms with E-state index in [2.05, 4.69) is 15.6 Å². The minimum Gasteiger partial charge on any atom is -0.351 e. The van der Waals surface area contributed by atoms with Crippen LogP contribution in [0.3, 0.4) is 0 Å². The maximum atomic E-state index is 12.4. The van der Waals surface area contributed by atoms with Crippen LogP contribution in [0.1, 0.15) is 29.4 Å². The number of aromatic nitrogens is 4. The number of amides is 1. The zero-order chi connectivity index (χ0) is 16.9. The second-order valence-corrected chi connectivity index (χ2v) is 5.83. The Hall–Kier alpha value is -2.60. The average molecular weight is 344 g/mol. The first-order valence-corrected chi connectivity index (χ1v) is 8.16. The number of nitrogens with zero attached hydrogens (tertiary/aromatic N) is 4. The summed E-state index contributed by atoms with van der Waals surface area (Å²) < 4.78 is 3.56. The molecular formula is C17H18ClN5O. The van der Waals surface area contributed by atoms with Crippen molar-refractivity contribution in [3.05, 3.63) is 65.1 Å². The van der Waals surface area contributed by atoms with Gasteiger partial charge in [-0.05, 0) is 36.2 Å². The summed E-state index contributed by atoms with van der Waals surface area (Å²) in [6, 6.07) is 11.3. The Morgan fingerprint density at radius 3 is 2.58 bits per heavy atom. The van der Waals surface area contributed by atoms with Crippen molar-refractivity contribution in [1.29, 1.82) is 0 Å². The predicted molar refractivity (Wildman–Crippen MR) is 92.5 cm³/mol. The third-order valence-corrected chi connectivity index (χ3v) is 3.81. The zero-order valence-electron chi connectivity index (χ0n) is 13.3. The molecule has 1 aromatic carbocycles. The van der Waals surface area contributed by atoms with Crippen molar-refractivity contribution in [2.45, 2.75) is 19.9 Å². The Morgan fingerprint density at radius 2 is 1.92 bits per heavy atom. The maximum absolute atomic E-state index is 12.4. The number of halogens is 1. The number of rotatable bonds is 6. The number of nitrogens with one attached hydrogen (secondary N) is 1. The molecule has 0 fully saturated rings. The van der Waals surface area contributed by atoms with Crippen LogP contribution >= 0.6 is 11.6 Å². The molecule has 0 bridgehead atoms. The van der Waals surface area contributed by atoms with Gasteiger partial charge in [-0.2, -0.15) is 0 Å². The second kappa shape index (κ2) is 7.31. The van der Waals surface area contributed by atoms with Gasteiger partial charge in [0.2, 0.25) is 0 Å². The Bertz CT molecular complexity index is 808. The molecule has 7 heteroatoms. The number of benzene rings is 1. The highest BCUT2D eigenvalue weighted by molar-refractivity contribution is 6.30. The largest absolute Gasteiger partial charge is 0.351 e. The fourth-order valence-electron chi connectivity index (χ4n) is 2.38. The van der Waals surface area contributed by atoms with Gasteiger partial charge < -0.3 is 9.88 Å². The number of carbonyl (C=O) groups excluding carboxylic acids is 1. The minimum atomic E-state index is -0.220. The first-order valence-electron chi connectivity index (χ1n) is 7.78. The van der Waals surface area contributed by atoms with Crippen LogP contribution in [-0.2, 0) is 6.54 Å². The van der Waals surface area contributed by atoms with Crippen molar-refractivity contribution in [3.63, 3.8) is 0 Å². The molecule has 0 saturated heterocycles. The molecule has 0 aliphatic rings. The van der Waals surface area contributed by atoms with Gasteiger partial charge in [0.1, 0.15) is 0 Å². The predicted octanol–water partition coefficient (Wildman–Crippen LogP) is 2.91. The first kappa shape index (κ1) is 16.3. The van der Waals surface area contributed by atoms with E-state index in [1.807, 2.05) is 60.3 Å². The lowest BCUT2D eigenvalue weighted by Crippen LogP contribution is -2.26. The van der Waals surface area contributed by atoms with Gasteiger partial charge >= 0.3 is 0 Å². The van der Waals surface area contributed by atoms with E-state index >= 15 is 0 Å². The van der Waals surface area contributed by atoms with Crippen molar-refractivity contribution < 1.29 is 4.79 Å². The highest BCUT2D eigenvalue weighted by Gasteiger charge is 2.20. The molecular weight excluding hydrogens is 326 g/mol. The molecule has 0 radical (unpaired) electrons. The van der Waals surface area contributed by atoms with Crippen molar-refractivity contribution in [3.8, 4) is 5.82 Å². The molecule has 1 N–H and O–H groups in total. The average Bonchev–Trinajstić information content (AvgIpc) is 3.24. The molecule has 0 saturated carbocycles. The lowest BCUT2D eigenvalue weighted by Gasteiger charge is -2.09. The van der Waals surface area contributed by atoms with Crippen LogP contribution in [0.5, 0.6) is 0 Å². The van der Waals surface area contributed by atoms with Crippen molar-refractivity contribution >= 4 is 17.5 Å². The van der Waals surface area contributed by atoms with Crippen LogP contribution in [0.25, 0.3) is 5.82 Å². The van der Waals surface area contributed by atoms with E-state index in [1.54, 1.807) is 4.68 Å². The monoisotopic (exact) mass is 343 g/mol. The summed E-state index contributed by atoms with van der Waals surface area (Å²) in [4.78, 5) is 12.4. The summed E-state index contributed by atoms with van der Waals surface area (Å²) >= 11 is 5.93. The molecule has 0 aliphatic carbocycles. The van der Waals surface area contributed by atoms with Crippen molar-refractivity contribution in [2.24, 2.45) is 0 Å². The second-order valence-electron chi connectivity index (χ2n) is 5.39. The molecule has 0 unspecified atom stereocenters. The van der Waals surface area contributed by atoms with Gasteiger partial charge in [0, 0.05) is 24.0 Å². The fraction of sp³-hybridized carbons (Fsp3) is 0.235. The van der Waals surface area contributed by atoms with Crippen LogP contribution in [-0.4, -0.2) is 32.0 Å². The van der Waals surface area contributed by atoms with E-state index in [4.69, 9.17) is 11.6 Å². The number of hydrogen-bond acceptors (Lipinski definition) is 3. The molecule has 0 spiro atoms. The molecule has 124 valence electrons. The van der Waals surface area contributed by atoms with Crippen molar-refractivity contribution in [2.75, 3.05) is 6.54 Å². The Labute approximate surface area is 145 Å². The third kappa shape index (κ3) is 3.49. The third-order valence-electron chi connectivity index (χ3n) is 3.55. The van der Waals surface area contributed by atoms with Crippen LogP contribution in [0.2, 0.25) is 5.02 Å². The molecule has 2 heterocycles.